The van der Waals surface area contributed by atoms with Crippen LogP contribution in [0.3, 0.4) is 0 Å². The van der Waals surface area contributed by atoms with E-state index in [2.05, 4.69) is 42.9 Å². The van der Waals surface area contributed by atoms with Crippen LogP contribution in [-0.2, 0) is 0 Å². The molecule has 0 aromatic rings. The summed E-state index contributed by atoms with van der Waals surface area (Å²) in [5.41, 5.74) is 0. The molecule has 0 aromatic heterocycles. The molecule has 0 atom stereocenters. The van der Waals surface area contributed by atoms with Crippen LogP contribution in [0.2, 0.25) is 18.2 Å². The molecule has 0 saturated carbocycles. The monoisotopic (exact) mass is 258 g/mol. The number of allylic oxidation sites excluding steroid dienone is 3. The van der Waals surface area contributed by atoms with Crippen LogP contribution < -0.4 is 0 Å². The van der Waals surface area contributed by atoms with Crippen molar-refractivity contribution < 1.29 is 0 Å². The molecule has 0 N–H and O–H groups in total. The summed E-state index contributed by atoms with van der Waals surface area (Å²) in [6.07, 6.45) is 6.18. The zero-order valence-corrected chi connectivity index (χ0v) is 10.3. The molecular weight excluding hydrogens is 239 g/mol. The summed E-state index contributed by atoms with van der Waals surface area (Å²) in [7, 11) is 0. The SMILES string of the molecule is C=C[CH2][Sn]([CH3])([CH2]C=C)[CH2]C=C. The molecule has 0 unspecified atom stereocenters. The summed E-state index contributed by atoms with van der Waals surface area (Å²) in [5, 5.41) is 0. The third-order valence-electron chi connectivity index (χ3n) is 1.91. The fourth-order valence-corrected chi connectivity index (χ4v) is 8.69. The molecule has 0 aliphatic carbocycles. The van der Waals surface area contributed by atoms with Crippen molar-refractivity contribution in [2.75, 3.05) is 0 Å². The van der Waals surface area contributed by atoms with Crippen LogP contribution in [0, 0.1) is 0 Å². The molecule has 0 heterocycles. The molecule has 0 aromatic carbocycles. The van der Waals surface area contributed by atoms with Crippen LogP contribution in [0.15, 0.2) is 38.0 Å². The fraction of sp³-hybridized carbons (Fsp3) is 0.400. The van der Waals surface area contributed by atoms with Crippen molar-refractivity contribution in [2.24, 2.45) is 0 Å². The second-order valence-electron chi connectivity index (χ2n) is 3.29. The van der Waals surface area contributed by atoms with Crippen molar-refractivity contribution in [3.05, 3.63) is 38.0 Å². The molecule has 1 heteroatoms. The van der Waals surface area contributed by atoms with Crippen LogP contribution >= 0.6 is 0 Å². The molecule has 0 aliphatic heterocycles. The number of rotatable bonds is 6. The first kappa shape index (κ1) is 11.0. The van der Waals surface area contributed by atoms with Crippen LogP contribution in [0.5, 0.6) is 0 Å². The average Bonchev–Trinajstić information content (AvgIpc) is 1.88. The number of hydrogen-bond donors (Lipinski definition) is 0. The van der Waals surface area contributed by atoms with Gasteiger partial charge in [-0.1, -0.05) is 0 Å². The third-order valence-corrected chi connectivity index (χ3v) is 12.8. The van der Waals surface area contributed by atoms with Crippen LogP contribution in [0.1, 0.15) is 0 Å². The van der Waals surface area contributed by atoms with Crippen molar-refractivity contribution in [3.8, 4) is 0 Å². The van der Waals surface area contributed by atoms with E-state index in [1.165, 1.54) is 13.3 Å². The molecule has 0 aliphatic rings. The molecule has 11 heavy (non-hydrogen) atoms. The Morgan fingerprint density at radius 3 is 1.36 bits per heavy atom. The summed E-state index contributed by atoms with van der Waals surface area (Å²) in [6, 6.07) is 0. The minimum absolute atomic E-state index is 1.24. The second-order valence-corrected chi connectivity index (χ2v) is 17.1. The molecule has 0 amide bonds. The molecule has 0 bridgehead atoms. The third kappa shape index (κ3) is 4.46. The predicted molar refractivity (Wildman–Crippen MR) is 56.6 cm³/mol. The molecule has 0 saturated heterocycles. The van der Waals surface area contributed by atoms with Gasteiger partial charge in [0.1, 0.15) is 0 Å². The minimum atomic E-state index is -1.82. The van der Waals surface area contributed by atoms with Crippen molar-refractivity contribution in [1.82, 2.24) is 0 Å². The normalized spacial score (nSPS) is 10.6. The van der Waals surface area contributed by atoms with Crippen molar-refractivity contribution >= 4 is 18.4 Å². The predicted octanol–water partition coefficient (Wildman–Crippen LogP) is 3.62. The standard InChI is InChI=1S/3C3H5.CH3.Sn/c3*1-3-2;;/h3*3H,1-2H2;1H3;. The Labute approximate surface area is 74.6 Å². The van der Waals surface area contributed by atoms with Gasteiger partial charge in [-0.2, -0.15) is 0 Å². The maximum absolute atomic E-state index is 3.79. The first-order valence-corrected chi connectivity index (χ1v) is 12.9. The zero-order chi connectivity index (χ0) is 8.74. The van der Waals surface area contributed by atoms with Gasteiger partial charge in [0.25, 0.3) is 0 Å². The summed E-state index contributed by atoms with van der Waals surface area (Å²) in [5.74, 6) is 0. The quantitative estimate of drug-likeness (QED) is 0.503. The average molecular weight is 257 g/mol. The summed E-state index contributed by atoms with van der Waals surface area (Å²) >= 11 is -1.82. The second kappa shape index (κ2) is 5.64. The molecule has 0 spiro atoms. The van der Waals surface area contributed by atoms with Crippen LogP contribution in [-0.4, -0.2) is 18.4 Å². The summed E-state index contributed by atoms with van der Waals surface area (Å²) < 4.78 is 3.73. The van der Waals surface area contributed by atoms with Crippen molar-refractivity contribution in [1.29, 1.82) is 0 Å². The van der Waals surface area contributed by atoms with Gasteiger partial charge in [-0.15, -0.1) is 0 Å². The van der Waals surface area contributed by atoms with Crippen molar-refractivity contribution in [2.45, 2.75) is 18.2 Å². The van der Waals surface area contributed by atoms with Gasteiger partial charge in [-0.25, -0.2) is 0 Å². The van der Waals surface area contributed by atoms with E-state index in [1.807, 2.05) is 0 Å². The van der Waals surface area contributed by atoms with E-state index in [4.69, 9.17) is 0 Å². The Balaban J connectivity index is 4.09. The molecule has 62 valence electrons. The van der Waals surface area contributed by atoms with Gasteiger partial charge in [-0.3, -0.25) is 0 Å². The van der Waals surface area contributed by atoms with Gasteiger partial charge >= 0.3 is 74.6 Å². The van der Waals surface area contributed by atoms with Crippen molar-refractivity contribution in [3.63, 3.8) is 0 Å². The van der Waals surface area contributed by atoms with Gasteiger partial charge in [0.2, 0.25) is 0 Å². The van der Waals surface area contributed by atoms with Gasteiger partial charge in [0.15, 0.2) is 0 Å². The topological polar surface area (TPSA) is 0 Å². The molecule has 0 nitrogen and oxygen atoms in total. The van der Waals surface area contributed by atoms with Gasteiger partial charge in [-0.05, 0) is 0 Å². The molecule has 0 fully saturated rings. The van der Waals surface area contributed by atoms with Gasteiger partial charge < -0.3 is 0 Å². The fourth-order valence-electron chi connectivity index (χ4n) is 1.30. The van der Waals surface area contributed by atoms with E-state index in [1.54, 1.807) is 0 Å². The Morgan fingerprint density at radius 1 is 0.909 bits per heavy atom. The first-order valence-electron chi connectivity index (χ1n) is 4.01. The zero-order valence-electron chi connectivity index (χ0n) is 7.47. The Kier molecular flexibility index (Phi) is 5.65. The molecular formula is C10H18Sn. The van der Waals surface area contributed by atoms with E-state index in [-0.39, 0.29) is 0 Å². The summed E-state index contributed by atoms with van der Waals surface area (Å²) in [4.78, 5) is 2.44. The van der Waals surface area contributed by atoms with Crippen LogP contribution in [0.4, 0.5) is 0 Å². The maximum atomic E-state index is 3.79. The van der Waals surface area contributed by atoms with E-state index >= 15 is 0 Å². The molecule has 0 rings (SSSR count). The van der Waals surface area contributed by atoms with Crippen LogP contribution in [0.25, 0.3) is 0 Å². The van der Waals surface area contributed by atoms with Gasteiger partial charge in [0, 0.05) is 0 Å². The first-order chi connectivity index (χ1) is 5.18. The molecule has 0 radical (unpaired) electrons. The number of hydrogen-bond acceptors (Lipinski definition) is 0. The van der Waals surface area contributed by atoms with E-state index in [9.17, 15) is 0 Å². The van der Waals surface area contributed by atoms with E-state index < -0.39 is 18.4 Å². The van der Waals surface area contributed by atoms with Gasteiger partial charge in [0.05, 0.1) is 0 Å². The Bertz CT molecular complexity index is 120. The Hall–Kier alpha value is 0.0187. The summed E-state index contributed by atoms with van der Waals surface area (Å²) in [6.45, 7) is 11.4. The van der Waals surface area contributed by atoms with E-state index in [0.717, 1.165) is 0 Å². The van der Waals surface area contributed by atoms with E-state index in [0.29, 0.717) is 0 Å². The Morgan fingerprint density at radius 2 is 1.18 bits per heavy atom.